The molecular weight excluding hydrogens is 260 g/mol. The van der Waals surface area contributed by atoms with E-state index in [4.69, 9.17) is 0 Å². The van der Waals surface area contributed by atoms with Gasteiger partial charge < -0.3 is 0 Å². The minimum atomic E-state index is 0.538. The Bertz CT molecular complexity index is 324. The standard InChI is InChI=1S/C15H21Br/c1-3-4-12-5-7-14(8-6-12)15(16)11(2)13-9-10-13/h5-8,11,13,15H,3-4,9-10H2,1-2H3. The van der Waals surface area contributed by atoms with Gasteiger partial charge in [-0.15, -0.1) is 0 Å². The Morgan fingerprint density at radius 3 is 2.38 bits per heavy atom. The van der Waals surface area contributed by atoms with Crippen LogP contribution in [-0.4, -0.2) is 0 Å². The summed E-state index contributed by atoms with van der Waals surface area (Å²) in [6, 6.07) is 9.16. The number of hydrogen-bond donors (Lipinski definition) is 0. The van der Waals surface area contributed by atoms with Gasteiger partial charge in [-0.25, -0.2) is 0 Å². The van der Waals surface area contributed by atoms with E-state index in [0.717, 1.165) is 11.8 Å². The van der Waals surface area contributed by atoms with Crippen LogP contribution in [0, 0.1) is 11.8 Å². The van der Waals surface area contributed by atoms with E-state index in [2.05, 4.69) is 54.0 Å². The van der Waals surface area contributed by atoms with E-state index >= 15 is 0 Å². The average Bonchev–Trinajstić information content (AvgIpc) is 3.12. The van der Waals surface area contributed by atoms with Crippen LogP contribution in [0.15, 0.2) is 24.3 Å². The molecule has 0 nitrogen and oxygen atoms in total. The molecule has 0 spiro atoms. The molecule has 1 aliphatic rings. The Hall–Kier alpha value is -0.300. The maximum Gasteiger partial charge on any atom is 0.0423 e. The van der Waals surface area contributed by atoms with Crippen LogP contribution in [0.3, 0.4) is 0 Å². The molecule has 1 aromatic rings. The van der Waals surface area contributed by atoms with Crippen molar-refractivity contribution >= 4 is 15.9 Å². The lowest BCUT2D eigenvalue weighted by molar-refractivity contribution is 0.503. The Kier molecular flexibility index (Phi) is 4.07. The first-order valence-electron chi connectivity index (χ1n) is 6.45. The number of alkyl halides is 1. The molecule has 0 N–H and O–H groups in total. The second kappa shape index (κ2) is 5.35. The van der Waals surface area contributed by atoms with Crippen LogP contribution in [-0.2, 0) is 6.42 Å². The van der Waals surface area contributed by atoms with Crippen molar-refractivity contribution < 1.29 is 0 Å². The highest BCUT2D eigenvalue weighted by Gasteiger charge is 2.32. The fraction of sp³-hybridized carbons (Fsp3) is 0.600. The third-order valence-electron chi connectivity index (χ3n) is 3.66. The minimum Gasteiger partial charge on any atom is -0.0836 e. The molecule has 2 atom stereocenters. The minimum absolute atomic E-state index is 0.538. The van der Waals surface area contributed by atoms with E-state index in [1.54, 1.807) is 0 Å². The molecule has 1 fully saturated rings. The van der Waals surface area contributed by atoms with E-state index in [1.807, 2.05) is 0 Å². The third-order valence-corrected chi connectivity index (χ3v) is 5.03. The highest BCUT2D eigenvalue weighted by atomic mass is 79.9. The lowest BCUT2D eigenvalue weighted by atomic mass is 9.95. The molecule has 0 heterocycles. The number of halogens is 1. The molecule has 0 radical (unpaired) electrons. The summed E-state index contributed by atoms with van der Waals surface area (Å²) in [6.07, 6.45) is 5.29. The van der Waals surface area contributed by atoms with Gasteiger partial charge in [0.05, 0.1) is 0 Å². The lowest BCUT2D eigenvalue weighted by Crippen LogP contribution is -2.05. The topological polar surface area (TPSA) is 0 Å². The van der Waals surface area contributed by atoms with Crippen molar-refractivity contribution in [2.24, 2.45) is 11.8 Å². The number of hydrogen-bond acceptors (Lipinski definition) is 0. The quantitative estimate of drug-likeness (QED) is 0.657. The van der Waals surface area contributed by atoms with Gasteiger partial charge in [0.15, 0.2) is 0 Å². The monoisotopic (exact) mass is 280 g/mol. The van der Waals surface area contributed by atoms with Gasteiger partial charge in [-0.1, -0.05) is 60.5 Å². The summed E-state index contributed by atoms with van der Waals surface area (Å²) in [5.41, 5.74) is 2.91. The molecule has 1 aliphatic carbocycles. The molecule has 0 aliphatic heterocycles. The number of aryl methyl sites for hydroxylation is 1. The first-order chi connectivity index (χ1) is 7.72. The first-order valence-corrected chi connectivity index (χ1v) is 7.37. The van der Waals surface area contributed by atoms with Crippen molar-refractivity contribution in [2.45, 2.75) is 44.4 Å². The molecule has 88 valence electrons. The molecule has 16 heavy (non-hydrogen) atoms. The van der Waals surface area contributed by atoms with Crippen molar-refractivity contribution in [1.82, 2.24) is 0 Å². The highest BCUT2D eigenvalue weighted by molar-refractivity contribution is 9.09. The Balaban J connectivity index is 2.02. The van der Waals surface area contributed by atoms with Gasteiger partial charge in [0, 0.05) is 4.83 Å². The van der Waals surface area contributed by atoms with Crippen molar-refractivity contribution in [2.75, 3.05) is 0 Å². The highest BCUT2D eigenvalue weighted by Crippen LogP contribution is 2.46. The molecule has 1 aromatic carbocycles. The first kappa shape index (κ1) is 12.2. The SMILES string of the molecule is CCCc1ccc(C(Br)C(C)C2CC2)cc1. The predicted octanol–water partition coefficient (Wildman–Crippen LogP) is 5.12. The molecule has 1 heteroatoms. The molecule has 2 unspecified atom stereocenters. The van der Waals surface area contributed by atoms with Gasteiger partial charge in [0.2, 0.25) is 0 Å². The van der Waals surface area contributed by atoms with Crippen molar-refractivity contribution in [1.29, 1.82) is 0 Å². The van der Waals surface area contributed by atoms with Crippen LogP contribution in [0.2, 0.25) is 0 Å². The van der Waals surface area contributed by atoms with Gasteiger partial charge in [0.25, 0.3) is 0 Å². The van der Waals surface area contributed by atoms with E-state index in [-0.39, 0.29) is 0 Å². The molecule has 2 rings (SSSR count). The third kappa shape index (κ3) is 2.88. The van der Waals surface area contributed by atoms with Gasteiger partial charge in [-0.05, 0) is 42.2 Å². The predicted molar refractivity (Wildman–Crippen MR) is 74.0 cm³/mol. The van der Waals surface area contributed by atoms with Crippen LogP contribution >= 0.6 is 15.9 Å². The second-order valence-corrected chi connectivity index (χ2v) is 6.08. The van der Waals surface area contributed by atoms with Gasteiger partial charge in [0.1, 0.15) is 0 Å². The smallest absolute Gasteiger partial charge is 0.0423 e. The van der Waals surface area contributed by atoms with E-state index in [0.29, 0.717) is 4.83 Å². The van der Waals surface area contributed by atoms with Crippen molar-refractivity contribution in [3.63, 3.8) is 0 Å². The van der Waals surface area contributed by atoms with Crippen LogP contribution < -0.4 is 0 Å². The van der Waals surface area contributed by atoms with Crippen LogP contribution in [0.5, 0.6) is 0 Å². The summed E-state index contributed by atoms with van der Waals surface area (Å²) in [5, 5.41) is 0. The molecule has 1 saturated carbocycles. The molecule has 0 bridgehead atoms. The Morgan fingerprint density at radius 1 is 1.25 bits per heavy atom. The Morgan fingerprint density at radius 2 is 1.88 bits per heavy atom. The average molecular weight is 281 g/mol. The number of rotatable bonds is 5. The van der Waals surface area contributed by atoms with Gasteiger partial charge in [-0.2, -0.15) is 0 Å². The second-order valence-electron chi connectivity index (χ2n) is 5.09. The summed E-state index contributed by atoms with van der Waals surface area (Å²) in [4.78, 5) is 0.538. The maximum absolute atomic E-state index is 3.86. The van der Waals surface area contributed by atoms with Crippen LogP contribution in [0.25, 0.3) is 0 Å². The summed E-state index contributed by atoms with van der Waals surface area (Å²) in [7, 11) is 0. The van der Waals surface area contributed by atoms with Crippen molar-refractivity contribution in [3.05, 3.63) is 35.4 Å². The molecule has 0 saturated heterocycles. The van der Waals surface area contributed by atoms with Crippen LogP contribution in [0.4, 0.5) is 0 Å². The molecular formula is C15H21Br. The van der Waals surface area contributed by atoms with E-state index in [9.17, 15) is 0 Å². The fourth-order valence-electron chi connectivity index (χ4n) is 2.32. The van der Waals surface area contributed by atoms with Crippen molar-refractivity contribution in [3.8, 4) is 0 Å². The number of benzene rings is 1. The molecule has 0 amide bonds. The summed E-state index contributed by atoms with van der Waals surface area (Å²) < 4.78 is 0. The normalized spacial score (nSPS) is 19.4. The summed E-state index contributed by atoms with van der Waals surface area (Å²) >= 11 is 3.86. The fourth-order valence-corrected chi connectivity index (χ4v) is 3.06. The van der Waals surface area contributed by atoms with Gasteiger partial charge in [-0.3, -0.25) is 0 Å². The zero-order valence-corrected chi connectivity index (χ0v) is 11.8. The van der Waals surface area contributed by atoms with E-state index in [1.165, 1.54) is 36.8 Å². The Labute approximate surface area is 108 Å². The summed E-state index contributed by atoms with van der Waals surface area (Å²) in [6.45, 7) is 4.60. The van der Waals surface area contributed by atoms with Crippen LogP contribution in [0.1, 0.15) is 49.1 Å². The maximum atomic E-state index is 3.86. The largest absolute Gasteiger partial charge is 0.0836 e. The zero-order chi connectivity index (χ0) is 11.5. The molecule has 0 aromatic heterocycles. The van der Waals surface area contributed by atoms with Gasteiger partial charge >= 0.3 is 0 Å². The lowest BCUT2D eigenvalue weighted by Gasteiger charge is -2.18. The zero-order valence-electron chi connectivity index (χ0n) is 10.2. The van der Waals surface area contributed by atoms with E-state index < -0.39 is 0 Å². The summed E-state index contributed by atoms with van der Waals surface area (Å²) in [5.74, 6) is 1.73.